The number of hydrogen-bond donors (Lipinski definition) is 1. The van der Waals surface area contributed by atoms with Gasteiger partial charge in [0.2, 0.25) is 0 Å². The van der Waals surface area contributed by atoms with Crippen molar-refractivity contribution in [3.05, 3.63) is 20.3 Å². The van der Waals surface area contributed by atoms with Crippen LogP contribution in [0.4, 0.5) is 0 Å². The Morgan fingerprint density at radius 1 is 1.73 bits per heavy atom. The Labute approximate surface area is 78.7 Å². The van der Waals surface area contributed by atoms with Crippen molar-refractivity contribution < 1.29 is 0 Å². The Morgan fingerprint density at radius 3 is 2.73 bits per heavy atom. The highest BCUT2D eigenvalue weighted by molar-refractivity contribution is 9.10. The minimum atomic E-state index is 0.421. The molecule has 1 aromatic rings. The summed E-state index contributed by atoms with van der Waals surface area (Å²) in [6.07, 6.45) is 1.17. The third-order valence-corrected chi connectivity index (χ3v) is 4.11. The van der Waals surface area contributed by atoms with E-state index in [1.165, 1.54) is 20.6 Å². The highest BCUT2D eigenvalue weighted by Crippen LogP contribution is 2.46. The summed E-state index contributed by atoms with van der Waals surface area (Å²) in [5.41, 5.74) is 5.76. The Morgan fingerprint density at radius 2 is 2.36 bits per heavy atom. The Bertz CT molecular complexity index is 282. The smallest absolute Gasteiger partial charge is 0.0320 e. The van der Waals surface area contributed by atoms with Crippen LogP contribution in [0, 0.1) is 6.92 Å². The first-order valence-electron chi connectivity index (χ1n) is 3.70. The van der Waals surface area contributed by atoms with E-state index < -0.39 is 0 Å². The van der Waals surface area contributed by atoms with Gasteiger partial charge in [0.05, 0.1) is 0 Å². The van der Waals surface area contributed by atoms with E-state index in [0.29, 0.717) is 12.0 Å². The first kappa shape index (κ1) is 7.77. The maximum atomic E-state index is 5.76. The number of nitrogens with two attached hydrogens (primary N) is 1. The average molecular weight is 232 g/mol. The quantitative estimate of drug-likeness (QED) is 0.791. The van der Waals surface area contributed by atoms with Gasteiger partial charge in [-0.2, -0.15) is 0 Å². The molecule has 2 N–H and O–H groups in total. The molecule has 0 saturated heterocycles. The molecule has 1 aromatic heterocycles. The van der Waals surface area contributed by atoms with Gasteiger partial charge in [-0.25, -0.2) is 0 Å². The fraction of sp³-hybridized carbons (Fsp3) is 0.500. The van der Waals surface area contributed by atoms with Crippen LogP contribution in [0.1, 0.15) is 22.1 Å². The van der Waals surface area contributed by atoms with Gasteiger partial charge in [0.1, 0.15) is 0 Å². The van der Waals surface area contributed by atoms with Gasteiger partial charge in [-0.1, -0.05) is 0 Å². The molecular weight excluding hydrogens is 222 g/mol. The molecular formula is C8H10BrNS. The summed E-state index contributed by atoms with van der Waals surface area (Å²) in [6, 6.07) is 2.59. The van der Waals surface area contributed by atoms with E-state index in [4.69, 9.17) is 5.73 Å². The Kier molecular flexibility index (Phi) is 1.82. The maximum absolute atomic E-state index is 5.76. The second-order valence-electron chi connectivity index (χ2n) is 3.08. The van der Waals surface area contributed by atoms with Crippen LogP contribution in [0.25, 0.3) is 0 Å². The van der Waals surface area contributed by atoms with Crippen LogP contribution in [-0.2, 0) is 0 Å². The summed E-state index contributed by atoms with van der Waals surface area (Å²) in [7, 11) is 0. The molecule has 60 valence electrons. The molecule has 11 heavy (non-hydrogen) atoms. The van der Waals surface area contributed by atoms with Crippen LogP contribution in [0.2, 0.25) is 0 Å². The van der Waals surface area contributed by atoms with Crippen molar-refractivity contribution in [2.75, 3.05) is 0 Å². The summed E-state index contributed by atoms with van der Waals surface area (Å²) in [4.78, 5) is 2.81. The molecule has 1 nitrogen and oxygen atoms in total. The van der Waals surface area contributed by atoms with E-state index >= 15 is 0 Å². The molecule has 1 aliphatic carbocycles. The van der Waals surface area contributed by atoms with E-state index in [1.54, 1.807) is 0 Å². The van der Waals surface area contributed by atoms with E-state index in [-0.39, 0.29) is 0 Å². The highest BCUT2D eigenvalue weighted by Gasteiger charge is 2.37. The molecule has 1 heterocycles. The molecule has 0 aliphatic heterocycles. The third kappa shape index (κ3) is 1.37. The van der Waals surface area contributed by atoms with Crippen molar-refractivity contribution in [2.45, 2.75) is 25.3 Å². The van der Waals surface area contributed by atoms with Crippen LogP contribution >= 0.6 is 27.3 Å². The van der Waals surface area contributed by atoms with Gasteiger partial charge >= 0.3 is 0 Å². The lowest BCUT2D eigenvalue weighted by molar-refractivity contribution is 1.00. The second kappa shape index (κ2) is 2.57. The molecule has 2 rings (SSSR count). The fourth-order valence-electron chi connectivity index (χ4n) is 1.27. The molecule has 0 unspecified atom stereocenters. The molecule has 0 amide bonds. The van der Waals surface area contributed by atoms with Crippen molar-refractivity contribution in [1.82, 2.24) is 0 Å². The zero-order chi connectivity index (χ0) is 8.01. The predicted octanol–water partition coefficient (Wildman–Crippen LogP) is 2.63. The number of rotatable bonds is 1. The van der Waals surface area contributed by atoms with Crippen LogP contribution in [0.15, 0.2) is 10.5 Å². The van der Waals surface area contributed by atoms with Crippen molar-refractivity contribution in [3.63, 3.8) is 0 Å². The van der Waals surface area contributed by atoms with Gasteiger partial charge in [-0.15, -0.1) is 11.3 Å². The standard InChI is InChI=1S/C8H10BrNS/c1-4-2-6(9)8(11-4)5-3-7(5)10/h2,5,7H,3,10H2,1H3/t5-,7-/m1/s1. The van der Waals surface area contributed by atoms with Crippen molar-refractivity contribution in [3.8, 4) is 0 Å². The first-order chi connectivity index (χ1) is 5.18. The van der Waals surface area contributed by atoms with Crippen LogP contribution < -0.4 is 5.73 Å². The topological polar surface area (TPSA) is 26.0 Å². The van der Waals surface area contributed by atoms with Crippen molar-refractivity contribution in [1.29, 1.82) is 0 Å². The van der Waals surface area contributed by atoms with Crippen molar-refractivity contribution in [2.24, 2.45) is 5.73 Å². The number of thiophene rings is 1. The Hall–Kier alpha value is 0.140. The number of hydrogen-bond acceptors (Lipinski definition) is 2. The average Bonchev–Trinajstić information content (AvgIpc) is 2.52. The minimum absolute atomic E-state index is 0.421. The number of aryl methyl sites for hydroxylation is 1. The summed E-state index contributed by atoms with van der Waals surface area (Å²) < 4.78 is 1.25. The van der Waals surface area contributed by atoms with E-state index in [9.17, 15) is 0 Å². The van der Waals surface area contributed by atoms with Gasteiger partial charge in [0.25, 0.3) is 0 Å². The first-order valence-corrected chi connectivity index (χ1v) is 5.31. The SMILES string of the molecule is Cc1cc(Br)c([C@@H]2C[C@H]2N)s1. The highest BCUT2D eigenvalue weighted by atomic mass is 79.9. The van der Waals surface area contributed by atoms with Crippen molar-refractivity contribution >= 4 is 27.3 Å². The molecule has 0 spiro atoms. The minimum Gasteiger partial charge on any atom is -0.327 e. The maximum Gasteiger partial charge on any atom is 0.0320 e. The lowest BCUT2D eigenvalue weighted by Gasteiger charge is -1.91. The molecule has 0 radical (unpaired) electrons. The molecule has 3 heteroatoms. The van der Waals surface area contributed by atoms with Gasteiger partial charge in [0.15, 0.2) is 0 Å². The predicted molar refractivity (Wildman–Crippen MR) is 52.1 cm³/mol. The third-order valence-electron chi connectivity index (χ3n) is 2.01. The fourth-order valence-corrected chi connectivity index (χ4v) is 3.40. The van der Waals surface area contributed by atoms with Crippen LogP contribution in [-0.4, -0.2) is 6.04 Å². The molecule has 1 saturated carbocycles. The lowest BCUT2D eigenvalue weighted by Crippen LogP contribution is -1.99. The van der Waals surface area contributed by atoms with Gasteiger partial charge in [0, 0.05) is 26.2 Å². The summed E-state index contributed by atoms with van der Waals surface area (Å²) in [5, 5.41) is 0. The molecule has 0 aromatic carbocycles. The number of halogens is 1. The molecule has 0 bridgehead atoms. The van der Waals surface area contributed by atoms with E-state index in [2.05, 4.69) is 28.9 Å². The van der Waals surface area contributed by atoms with Gasteiger partial charge in [-0.3, -0.25) is 0 Å². The summed E-state index contributed by atoms with van der Waals surface area (Å²) >= 11 is 5.40. The zero-order valence-corrected chi connectivity index (χ0v) is 8.71. The van der Waals surface area contributed by atoms with Gasteiger partial charge in [-0.05, 0) is 35.3 Å². The zero-order valence-electron chi connectivity index (χ0n) is 6.30. The van der Waals surface area contributed by atoms with E-state index in [0.717, 1.165) is 0 Å². The van der Waals surface area contributed by atoms with Crippen LogP contribution in [0.3, 0.4) is 0 Å². The summed E-state index contributed by atoms with van der Waals surface area (Å²) in [6.45, 7) is 2.13. The largest absolute Gasteiger partial charge is 0.327 e. The molecule has 1 fully saturated rings. The Balaban J connectivity index is 2.30. The molecule has 1 aliphatic rings. The van der Waals surface area contributed by atoms with Gasteiger partial charge < -0.3 is 5.73 Å². The van der Waals surface area contributed by atoms with E-state index in [1.807, 2.05) is 11.3 Å². The van der Waals surface area contributed by atoms with Crippen LogP contribution in [0.5, 0.6) is 0 Å². The monoisotopic (exact) mass is 231 g/mol. The lowest BCUT2D eigenvalue weighted by atomic mass is 10.3. The second-order valence-corrected chi connectivity index (χ2v) is 5.22. The summed E-state index contributed by atoms with van der Waals surface area (Å²) in [5.74, 6) is 0.642. The molecule has 2 atom stereocenters. The normalized spacial score (nSPS) is 29.0.